The number of hydrogen-bond donors (Lipinski definition) is 0. The minimum absolute atomic E-state index is 0.179. The van der Waals surface area contributed by atoms with E-state index in [-0.39, 0.29) is 5.41 Å². The molecule has 0 N–H and O–H groups in total. The zero-order valence-corrected chi connectivity index (χ0v) is 34.0. The minimum Gasteiger partial charge on any atom is -0.228 e. The molecule has 61 heavy (non-hydrogen) atoms. The Hall–Kier alpha value is -7.68. The van der Waals surface area contributed by atoms with Gasteiger partial charge in [-0.15, -0.1) is 0 Å². The highest BCUT2D eigenvalue weighted by Gasteiger charge is 2.39. The molecule has 0 bridgehead atoms. The van der Waals surface area contributed by atoms with Crippen LogP contribution in [0.4, 0.5) is 0 Å². The third-order valence-corrected chi connectivity index (χ3v) is 13.0. The van der Waals surface area contributed by atoms with Crippen molar-refractivity contribution in [1.29, 1.82) is 0 Å². The Morgan fingerprint density at radius 1 is 0.295 bits per heavy atom. The molecule has 1 aliphatic rings. The maximum absolute atomic E-state index is 5.31. The fourth-order valence-electron chi connectivity index (χ4n) is 10.3. The third-order valence-electron chi connectivity index (χ3n) is 13.0. The summed E-state index contributed by atoms with van der Waals surface area (Å²) in [6.07, 6.45) is 0. The zero-order valence-electron chi connectivity index (χ0n) is 34.0. The molecular weight excluding hydrogens is 737 g/mol. The smallest absolute Gasteiger partial charge is 0.161 e. The Morgan fingerprint density at radius 2 is 0.754 bits per heavy atom. The number of fused-ring (bicyclic) bond motifs is 8. The van der Waals surface area contributed by atoms with Gasteiger partial charge in [0.15, 0.2) is 5.82 Å². The summed E-state index contributed by atoms with van der Waals surface area (Å²) in [5.41, 5.74) is 15.2. The first kappa shape index (κ1) is 35.3. The Kier molecular flexibility index (Phi) is 7.92. The molecule has 1 aliphatic carbocycles. The van der Waals surface area contributed by atoms with Crippen molar-refractivity contribution in [2.75, 3.05) is 0 Å². The van der Waals surface area contributed by atoms with E-state index in [0.717, 1.165) is 33.5 Å². The SMILES string of the molecule is CC1(C)c2c(cccc2-c2ccc(-c3ccc(-c4nc(-c5ccccc5)cc(-c5ccc6ccccc6c5)n4)c4ccccc34)c3ccccc23)-c2ccc3ccccc3c21. The summed E-state index contributed by atoms with van der Waals surface area (Å²) in [4.78, 5) is 10.6. The highest BCUT2D eigenvalue weighted by atomic mass is 14.9. The lowest BCUT2D eigenvalue weighted by molar-refractivity contribution is 0.668. The van der Waals surface area contributed by atoms with E-state index in [9.17, 15) is 0 Å². The molecule has 2 nitrogen and oxygen atoms in total. The maximum Gasteiger partial charge on any atom is 0.161 e. The van der Waals surface area contributed by atoms with Gasteiger partial charge in [-0.05, 0) is 106 Å². The molecule has 0 unspecified atom stereocenters. The average molecular weight is 777 g/mol. The van der Waals surface area contributed by atoms with Crippen molar-refractivity contribution in [3.63, 3.8) is 0 Å². The van der Waals surface area contributed by atoms with E-state index in [4.69, 9.17) is 9.97 Å². The average Bonchev–Trinajstić information content (AvgIpc) is 3.57. The Morgan fingerprint density at radius 3 is 1.43 bits per heavy atom. The van der Waals surface area contributed by atoms with E-state index in [1.165, 1.54) is 82.2 Å². The fourth-order valence-corrected chi connectivity index (χ4v) is 10.3. The van der Waals surface area contributed by atoms with Crippen LogP contribution in [0.3, 0.4) is 0 Å². The van der Waals surface area contributed by atoms with E-state index in [2.05, 4.69) is 214 Å². The quantitative estimate of drug-likeness (QED) is 0.174. The normalized spacial score (nSPS) is 12.9. The van der Waals surface area contributed by atoms with E-state index >= 15 is 0 Å². The predicted molar refractivity (Wildman–Crippen MR) is 257 cm³/mol. The largest absolute Gasteiger partial charge is 0.228 e. The number of nitrogens with zero attached hydrogens (tertiary/aromatic N) is 2. The van der Waals surface area contributed by atoms with Crippen molar-refractivity contribution >= 4 is 43.1 Å². The molecule has 0 fully saturated rings. The summed E-state index contributed by atoms with van der Waals surface area (Å²) < 4.78 is 0. The van der Waals surface area contributed by atoms with E-state index < -0.39 is 0 Å². The van der Waals surface area contributed by atoms with Crippen LogP contribution in [0.25, 0.3) is 110 Å². The molecule has 0 atom stereocenters. The molecule has 12 rings (SSSR count). The van der Waals surface area contributed by atoms with Gasteiger partial charge in [0.05, 0.1) is 11.4 Å². The molecule has 0 amide bonds. The van der Waals surface area contributed by atoms with Crippen LogP contribution < -0.4 is 0 Å². The van der Waals surface area contributed by atoms with Crippen LogP contribution in [0.15, 0.2) is 206 Å². The lowest BCUT2D eigenvalue weighted by Crippen LogP contribution is -2.17. The second kappa shape index (κ2) is 13.7. The topological polar surface area (TPSA) is 25.8 Å². The van der Waals surface area contributed by atoms with Crippen LogP contribution in [-0.2, 0) is 5.41 Å². The zero-order chi connectivity index (χ0) is 40.7. The maximum atomic E-state index is 5.31. The molecule has 286 valence electrons. The third kappa shape index (κ3) is 5.56. The van der Waals surface area contributed by atoms with E-state index in [1.807, 2.05) is 6.07 Å². The van der Waals surface area contributed by atoms with Crippen molar-refractivity contribution in [2.24, 2.45) is 0 Å². The monoisotopic (exact) mass is 776 g/mol. The van der Waals surface area contributed by atoms with Gasteiger partial charge in [0, 0.05) is 22.1 Å². The number of aromatic nitrogens is 2. The van der Waals surface area contributed by atoms with E-state index in [1.54, 1.807) is 0 Å². The molecular formula is C59H40N2. The molecule has 10 aromatic carbocycles. The molecule has 0 spiro atoms. The summed E-state index contributed by atoms with van der Waals surface area (Å²) in [6.45, 7) is 4.81. The van der Waals surface area contributed by atoms with Crippen molar-refractivity contribution in [3.8, 4) is 67.3 Å². The molecule has 0 saturated carbocycles. The van der Waals surface area contributed by atoms with Crippen molar-refractivity contribution in [2.45, 2.75) is 19.3 Å². The summed E-state index contributed by atoms with van der Waals surface area (Å²) in [7, 11) is 0. The number of hydrogen-bond acceptors (Lipinski definition) is 2. The highest BCUT2D eigenvalue weighted by Crippen LogP contribution is 2.55. The molecule has 11 aromatic rings. The summed E-state index contributed by atoms with van der Waals surface area (Å²) >= 11 is 0. The lowest BCUT2D eigenvalue weighted by atomic mass is 9.76. The van der Waals surface area contributed by atoms with Gasteiger partial charge in [-0.25, -0.2) is 9.97 Å². The molecule has 1 heterocycles. The first-order valence-corrected chi connectivity index (χ1v) is 21.2. The summed E-state index contributed by atoms with van der Waals surface area (Å²) in [5, 5.41) is 9.79. The van der Waals surface area contributed by atoms with Gasteiger partial charge in [0.2, 0.25) is 0 Å². The van der Waals surface area contributed by atoms with Gasteiger partial charge in [-0.1, -0.05) is 202 Å². The van der Waals surface area contributed by atoms with Gasteiger partial charge in [0.1, 0.15) is 0 Å². The van der Waals surface area contributed by atoms with Crippen LogP contribution in [0.5, 0.6) is 0 Å². The van der Waals surface area contributed by atoms with Crippen LogP contribution in [0.1, 0.15) is 25.0 Å². The van der Waals surface area contributed by atoms with Gasteiger partial charge < -0.3 is 0 Å². The lowest BCUT2D eigenvalue weighted by Gasteiger charge is -2.26. The second-order valence-corrected chi connectivity index (χ2v) is 16.9. The first-order chi connectivity index (χ1) is 30.0. The van der Waals surface area contributed by atoms with Gasteiger partial charge in [-0.2, -0.15) is 0 Å². The summed E-state index contributed by atoms with van der Waals surface area (Å²) in [6, 6.07) is 74.8. The Bertz CT molecular complexity index is 3560. The van der Waals surface area contributed by atoms with Gasteiger partial charge in [0.25, 0.3) is 0 Å². The Labute approximate surface area is 355 Å². The molecule has 2 heteroatoms. The van der Waals surface area contributed by atoms with Crippen LogP contribution in [0.2, 0.25) is 0 Å². The second-order valence-electron chi connectivity index (χ2n) is 16.9. The van der Waals surface area contributed by atoms with E-state index in [0.29, 0.717) is 5.82 Å². The Balaban J connectivity index is 1.02. The van der Waals surface area contributed by atoms with Gasteiger partial charge >= 0.3 is 0 Å². The number of rotatable bonds is 5. The molecule has 1 aromatic heterocycles. The van der Waals surface area contributed by atoms with Crippen molar-refractivity contribution < 1.29 is 0 Å². The van der Waals surface area contributed by atoms with Crippen LogP contribution in [0, 0.1) is 0 Å². The van der Waals surface area contributed by atoms with Gasteiger partial charge in [-0.3, -0.25) is 0 Å². The molecule has 0 saturated heterocycles. The minimum atomic E-state index is -0.179. The highest BCUT2D eigenvalue weighted by molar-refractivity contribution is 6.13. The predicted octanol–water partition coefficient (Wildman–Crippen LogP) is 15.7. The standard InChI is InChI=1S/C59H40N2/c1-59(2)56-42-20-9-8-16-38(42)29-30-52(56)51-26-14-25-50(57(51)59)49-32-31-47(43-21-10-11-22-44(43)49)48-33-34-53(46-24-13-12-23-45(46)48)58-60-54(39-17-4-3-5-18-39)36-55(61-58)41-28-27-37-15-6-7-19-40(37)35-41/h3-36H,1-2H3. The van der Waals surface area contributed by atoms with Crippen molar-refractivity contribution in [3.05, 3.63) is 217 Å². The van der Waals surface area contributed by atoms with Crippen LogP contribution in [-0.4, -0.2) is 9.97 Å². The summed E-state index contributed by atoms with van der Waals surface area (Å²) in [5.74, 6) is 0.710. The number of benzene rings is 10. The molecule has 0 aliphatic heterocycles. The van der Waals surface area contributed by atoms with Crippen LogP contribution >= 0.6 is 0 Å². The van der Waals surface area contributed by atoms with Crippen molar-refractivity contribution in [1.82, 2.24) is 9.97 Å². The molecule has 0 radical (unpaired) electrons. The first-order valence-electron chi connectivity index (χ1n) is 21.2. The fraction of sp³-hybridized carbons (Fsp3) is 0.0508.